The van der Waals surface area contributed by atoms with E-state index in [1.54, 1.807) is 0 Å². The van der Waals surface area contributed by atoms with Crippen molar-refractivity contribution >= 4 is 11.4 Å². The van der Waals surface area contributed by atoms with Crippen LogP contribution in [0.1, 0.15) is 17.2 Å². The van der Waals surface area contributed by atoms with Gasteiger partial charge in [0.15, 0.2) is 0 Å². The molecule has 0 unspecified atom stereocenters. The first-order valence-corrected chi connectivity index (χ1v) is 8.62. The van der Waals surface area contributed by atoms with Gasteiger partial charge in [-0.25, -0.2) is 0 Å². The molecule has 0 saturated carbocycles. The number of hydrogen-bond donors (Lipinski definition) is 0. The summed E-state index contributed by atoms with van der Waals surface area (Å²) in [4.78, 5) is 0. The molecular weight excluding hydrogens is 308 g/mol. The fourth-order valence-electron chi connectivity index (χ4n) is 3.80. The number of hydrazone groups is 1. The van der Waals surface area contributed by atoms with Crippen molar-refractivity contribution < 1.29 is 4.74 Å². The van der Waals surface area contributed by atoms with E-state index in [0.717, 1.165) is 22.7 Å². The summed E-state index contributed by atoms with van der Waals surface area (Å²) >= 11 is 0. The van der Waals surface area contributed by atoms with Crippen molar-refractivity contribution in [2.75, 3.05) is 11.6 Å². The Balaban J connectivity index is 1.66. The Labute approximate surface area is 147 Å². The molecule has 0 bridgehead atoms. The van der Waals surface area contributed by atoms with Crippen molar-refractivity contribution in [3.05, 3.63) is 96.1 Å². The Kier molecular flexibility index (Phi) is 3.30. The molecule has 2 aliphatic rings. The molecule has 0 saturated heterocycles. The third-order valence-electron chi connectivity index (χ3n) is 4.95. The molecule has 2 aliphatic heterocycles. The van der Waals surface area contributed by atoms with E-state index in [0.29, 0.717) is 6.61 Å². The number of ether oxygens (including phenoxy) is 1. The average Bonchev–Trinajstić information content (AvgIpc) is 3.09. The number of benzene rings is 3. The molecule has 122 valence electrons. The lowest BCUT2D eigenvalue weighted by molar-refractivity contribution is 0.260. The molecule has 0 amide bonds. The van der Waals surface area contributed by atoms with Crippen molar-refractivity contribution in [2.24, 2.45) is 11.0 Å². The fraction of sp³-hybridized carbons (Fsp3) is 0.136. The van der Waals surface area contributed by atoms with E-state index in [-0.39, 0.29) is 12.0 Å². The van der Waals surface area contributed by atoms with Gasteiger partial charge in [-0.05, 0) is 29.8 Å². The van der Waals surface area contributed by atoms with Crippen molar-refractivity contribution in [1.29, 1.82) is 0 Å². The highest BCUT2D eigenvalue weighted by atomic mass is 16.5. The first-order valence-electron chi connectivity index (χ1n) is 8.62. The van der Waals surface area contributed by atoms with Crippen LogP contribution in [0.5, 0.6) is 5.75 Å². The van der Waals surface area contributed by atoms with Gasteiger partial charge in [-0.15, -0.1) is 0 Å². The van der Waals surface area contributed by atoms with Gasteiger partial charge < -0.3 is 4.74 Å². The maximum Gasteiger partial charge on any atom is 0.128 e. The van der Waals surface area contributed by atoms with Gasteiger partial charge in [0.1, 0.15) is 5.75 Å². The first-order chi connectivity index (χ1) is 12.4. The summed E-state index contributed by atoms with van der Waals surface area (Å²) in [5.74, 6) is 1.15. The highest BCUT2D eigenvalue weighted by molar-refractivity contribution is 6.07. The minimum Gasteiger partial charge on any atom is -0.492 e. The van der Waals surface area contributed by atoms with E-state index in [4.69, 9.17) is 9.84 Å². The smallest absolute Gasteiger partial charge is 0.128 e. The third kappa shape index (κ3) is 2.31. The molecule has 0 N–H and O–H groups in total. The fourth-order valence-corrected chi connectivity index (χ4v) is 3.80. The first kappa shape index (κ1) is 14.3. The summed E-state index contributed by atoms with van der Waals surface area (Å²) in [6.45, 7) is 0.652. The largest absolute Gasteiger partial charge is 0.492 e. The van der Waals surface area contributed by atoms with Gasteiger partial charge in [0.05, 0.1) is 30.0 Å². The molecule has 0 fully saturated rings. The Morgan fingerprint density at radius 1 is 0.800 bits per heavy atom. The van der Waals surface area contributed by atoms with Crippen molar-refractivity contribution in [3.8, 4) is 5.75 Å². The molecule has 5 rings (SSSR count). The molecule has 3 aromatic carbocycles. The number of rotatable bonds is 2. The van der Waals surface area contributed by atoms with Crippen LogP contribution in [-0.2, 0) is 0 Å². The van der Waals surface area contributed by atoms with E-state index >= 15 is 0 Å². The predicted octanol–water partition coefficient (Wildman–Crippen LogP) is 4.66. The van der Waals surface area contributed by atoms with Crippen LogP contribution in [0.4, 0.5) is 5.69 Å². The zero-order chi connectivity index (χ0) is 16.6. The van der Waals surface area contributed by atoms with Crippen LogP contribution in [0.25, 0.3) is 0 Å². The van der Waals surface area contributed by atoms with Crippen molar-refractivity contribution in [3.63, 3.8) is 0 Å². The third-order valence-corrected chi connectivity index (χ3v) is 4.95. The summed E-state index contributed by atoms with van der Waals surface area (Å²) in [5, 5.41) is 7.20. The summed E-state index contributed by atoms with van der Waals surface area (Å²) in [5.41, 5.74) is 4.60. The quantitative estimate of drug-likeness (QED) is 0.684. The topological polar surface area (TPSA) is 24.8 Å². The van der Waals surface area contributed by atoms with Crippen LogP contribution in [0, 0.1) is 5.92 Å². The number of hydrogen-bond acceptors (Lipinski definition) is 3. The molecule has 3 nitrogen and oxygen atoms in total. The predicted molar refractivity (Wildman–Crippen MR) is 100 cm³/mol. The van der Waals surface area contributed by atoms with Gasteiger partial charge in [-0.2, -0.15) is 5.10 Å². The van der Waals surface area contributed by atoms with E-state index in [2.05, 4.69) is 71.7 Å². The van der Waals surface area contributed by atoms with E-state index < -0.39 is 0 Å². The highest BCUT2D eigenvalue weighted by Crippen LogP contribution is 2.44. The molecule has 0 aromatic heterocycles. The van der Waals surface area contributed by atoms with E-state index in [1.165, 1.54) is 5.56 Å². The number of nitrogens with zero attached hydrogens (tertiary/aromatic N) is 2. The molecule has 3 heteroatoms. The molecule has 2 heterocycles. The summed E-state index contributed by atoms with van der Waals surface area (Å²) < 4.78 is 6.07. The molecule has 3 aromatic rings. The van der Waals surface area contributed by atoms with E-state index in [9.17, 15) is 0 Å². The zero-order valence-electron chi connectivity index (χ0n) is 13.7. The zero-order valence-corrected chi connectivity index (χ0v) is 13.7. The summed E-state index contributed by atoms with van der Waals surface area (Å²) in [6.07, 6.45) is 0. The lowest BCUT2D eigenvalue weighted by Gasteiger charge is -2.30. The maximum atomic E-state index is 6.07. The standard InChI is InChI=1S/C22H18N2O/c1-3-9-16(10-4-1)22-19-15-25-20-14-8-7-13-18(20)21(19)23-24(22)17-11-5-2-6-12-17/h1-14,19,22H,15H2/t19-,22+/m0/s1. The van der Waals surface area contributed by atoms with Crippen LogP contribution in [0.15, 0.2) is 90.0 Å². The maximum absolute atomic E-state index is 6.07. The summed E-state index contributed by atoms with van der Waals surface area (Å²) in [6, 6.07) is 29.3. The minimum atomic E-state index is 0.145. The van der Waals surface area contributed by atoms with Crippen molar-refractivity contribution in [2.45, 2.75) is 6.04 Å². The van der Waals surface area contributed by atoms with Gasteiger partial charge in [-0.1, -0.05) is 60.7 Å². The second-order valence-corrected chi connectivity index (χ2v) is 6.43. The molecule has 2 atom stereocenters. The molecular formula is C22H18N2O. The van der Waals surface area contributed by atoms with Gasteiger partial charge in [-0.3, -0.25) is 5.01 Å². The minimum absolute atomic E-state index is 0.145. The van der Waals surface area contributed by atoms with Gasteiger partial charge >= 0.3 is 0 Å². The number of fused-ring (bicyclic) bond motifs is 3. The Morgan fingerprint density at radius 3 is 2.28 bits per heavy atom. The van der Waals surface area contributed by atoms with Crippen LogP contribution >= 0.6 is 0 Å². The van der Waals surface area contributed by atoms with Crippen LogP contribution in [0.2, 0.25) is 0 Å². The van der Waals surface area contributed by atoms with Crippen LogP contribution < -0.4 is 9.75 Å². The summed E-state index contributed by atoms with van der Waals surface area (Å²) in [7, 11) is 0. The van der Waals surface area contributed by atoms with Crippen molar-refractivity contribution in [1.82, 2.24) is 0 Å². The second kappa shape index (κ2) is 5.78. The van der Waals surface area contributed by atoms with E-state index in [1.807, 2.05) is 18.2 Å². The van der Waals surface area contributed by atoms with Gasteiger partial charge in [0.25, 0.3) is 0 Å². The van der Waals surface area contributed by atoms with Crippen LogP contribution in [-0.4, -0.2) is 12.3 Å². The normalized spacial score (nSPS) is 21.1. The lowest BCUT2D eigenvalue weighted by Crippen LogP contribution is -2.32. The molecule has 25 heavy (non-hydrogen) atoms. The Morgan fingerprint density at radius 2 is 1.48 bits per heavy atom. The molecule has 0 spiro atoms. The monoisotopic (exact) mass is 326 g/mol. The van der Waals surface area contributed by atoms with Gasteiger partial charge in [0, 0.05) is 5.56 Å². The molecule has 0 radical (unpaired) electrons. The second-order valence-electron chi connectivity index (χ2n) is 6.43. The average molecular weight is 326 g/mol. The Hall–Kier alpha value is -3.07. The Bertz CT molecular complexity index is 921. The molecule has 0 aliphatic carbocycles. The van der Waals surface area contributed by atoms with Gasteiger partial charge in [0.2, 0.25) is 0 Å². The lowest BCUT2D eigenvalue weighted by atomic mass is 9.86. The highest BCUT2D eigenvalue weighted by Gasteiger charge is 2.43. The number of para-hydroxylation sites is 2. The SMILES string of the molecule is c1ccc([C@@H]2[C@H]3COc4ccccc4C3=NN2c2ccccc2)cc1. The van der Waals surface area contributed by atoms with Crippen LogP contribution in [0.3, 0.4) is 0 Å². The number of anilines is 1.